The monoisotopic (exact) mass is 291 g/mol. The Balaban J connectivity index is 2.01. The molecular weight excluding hydrogens is 270 g/mol. The maximum Gasteiger partial charge on any atom is 0.134 e. The van der Waals surface area contributed by atoms with Gasteiger partial charge >= 0.3 is 0 Å². The minimum absolute atomic E-state index is 0.837. The number of thiazole rings is 1. The number of nitrogens with zero attached hydrogens (tertiary/aromatic N) is 3. The molecule has 0 saturated heterocycles. The third-order valence-corrected chi connectivity index (χ3v) is 4.01. The molecule has 20 heavy (non-hydrogen) atoms. The van der Waals surface area contributed by atoms with Crippen LogP contribution in [0.2, 0.25) is 0 Å². The predicted octanol–water partition coefficient (Wildman–Crippen LogP) is 2.89. The lowest BCUT2D eigenvalue weighted by molar-refractivity contribution is 0.893. The highest BCUT2D eigenvalue weighted by atomic mass is 32.1. The van der Waals surface area contributed by atoms with Crippen LogP contribution in [0.1, 0.15) is 29.6 Å². The summed E-state index contributed by atoms with van der Waals surface area (Å²) in [6, 6.07) is 0. The lowest BCUT2D eigenvalue weighted by atomic mass is 10.1. The van der Waals surface area contributed by atoms with Gasteiger partial charge in [-0.05, 0) is 13.3 Å². The van der Waals surface area contributed by atoms with Crippen molar-refractivity contribution < 1.29 is 0 Å². The van der Waals surface area contributed by atoms with Crippen molar-refractivity contribution in [2.45, 2.75) is 33.1 Å². The highest BCUT2D eigenvalue weighted by Gasteiger charge is 2.09. The van der Waals surface area contributed by atoms with Crippen molar-refractivity contribution in [1.29, 1.82) is 0 Å². The molecule has 2 rings (SSSR count). The summed E-state index contributed by atoms with van der Waals surface area (Å²) >= 11 is 1.71. The van der Waals surface area contributed by atoms with Crippen molar-refractivity contribution in [2.75, 3.05) is 24.2 Å². The first-order valence-electron chi connectivity index (χ1n) is 6.91. The average molecular weight is 291 g/mol. The molecule has 0 bridgehead atoms. The van der Waals surface area contributed by atoms with E-state index in [9.17, 15) is 0 Å². The molecular formula is C14H21N5S. The summed E-state index contributed by atoms with van der Waals surface area (Å²) < 4.78 is 0. The molecule has 0 aliphatic carbocycles. The molecule has 0 atom stereocenters. The van der Waals surface area contributed by atoms with E-state index in [1.165, 1.54) is 0 Å². The predicted molar refractivity (Wildman–Crippen MR) is 84.6 cm³/mol. The Morgan fingerprint density at radius 3 is 2.65 bits per heavy atom. The first-order valence-corrected chi connectivity index (χ1v) is 7.79. The Bertz CT molecular complexity index is 552. The highest BCUT2D eigenvalue weighted by Crippen LogP contribution is 2.21. The van der Waals surface area contributed by atoms with Crippen LogP contribution in [-0.4, -0.2) is 28.5 Å². The molecule has 0 fully saturated rings. The van der Waals surface area contributed by atoms with Crippen molar-refractivity contribution in [2.24, 2.45) is 0 Å². The first-order chi connectivity index (χ1) is 9.74. The summed E-state index contributed by atoms with van der Waals surface area (Å²) in [5.74, 6) is 1.84. The molecule has 0 radical (unpaired) electrons. The minimum atomic E-state index is 0.837. The molecule has 0 aromatic carbocycles. The zero-order valence-electron chi connectivity index (χ0n) is 12.2. The SMILES string of the molecule is CCCc1c(NC)ncnc1NCCc1nc(C)cs1. The Morgan fingerprint density at radius 2 is 2.00 bits per heavy atom. The van der Waals surface area contributed by atoms with Crippen LogP contribution in [0.4, 0.5) is 11.6 Å². The van der Waals surface area contributed by atoms with Gasteiger partial charge in [-0.2, -0.15) is 0 Å². The van der Waals surface area contributed by atoms with Gasteiger partial charge in [0.25, 0.3) is 0 Å². The molecule has 0 unspecified atom stereocenters. The number of anilines is 2. The van der Waals surface area contributed by atoms with Crippen molar-refractivity contribution in [3.63, 3.8) is 0 Å². The van der Waals surface area contributed by atoms with E-state index in [1.807, 2.05) is 14.0 Å². The van der Waals surface area contributed by atoms with Gasteiger partial charge in [-0.15, -0.1) is 11.3 Å². The summed E-state index contributed by atoms with van der Waals surface area (Å²) in [6.45, 7) is 5.02. The molecule has 2 aromatic rings. The van der Waals surface area contributed by atoms with E-state index in [-0.39, 0.29) is 0 Å². The normalized spacial score (nSPS) is 10.6. The second-order valence-electron chi connectivity index (χ2n) is 4.61. The number of hydrogen-bond donors (Lipinski definition) is 2. The van der Waals surface area contributed by atoms with Crippen LogP contribution in [0, 0.1) is 6.92 Å². The van der Waals surface area contributed by atoms with Crippen LogP contribution >= 0.6 is 11.3 Å². The van der Waals surface area contributed by atoms with Gasteiger partial charge in [0.2, 0.25) is 0 Å². The van der Waals surface area contributed by atoms with E-state index >= 15 is 0 Å². The van der Waals surface area contributed by atoms with Gasteiger partial charge in [0.1, 0.15) is 18.0 Å². The topological polar surface area (TPSA) is 62.7 Å². The Morgan fingerprint density at radius 1 is 1.20 bits per heavy atom. The van der Waals surface area contributed by atoms with Crippen molar-refractivity contribution >= 4 is 23.0 Å². The number of rotatable bonds is 7. The smallest absolute Gasteiger partial charge is 0.134 e. The summed E-state index contributed by atoms with van der Waals surface area (Å²) in [5.41, 5.74) is 2.25. The molecule has 0 aliphatic heterocycles. The van der Waals surface area contributed by atoms with E-state index in [0.29, 0.717) is 0 Å². The van der Waals surface area contributed by atoms with Gasteiger partial charge < -0.3 is 10.6 Å². The average Bonchev–Trinajstić information content (AvgIpc) is 2.86. The van der Waals surface area contributed by atoms with Gasteiger partial charge in [0.05, 0.1) is 5.01 Å². The van der Waals surface area contributed by atoms with Gasteiger partial charge in [-0.3, -0.25) is 0 Å². The van der Waals surface area contributed by atoms with E-state index < -0.39 is 0 Å². The van der Waals surface area contributed by atoms with Gasteiger partial charge in [0.15, 0.2) is 0 Å². The van der Waals surface area contributed by atoms with Gasteiger partial charge in [0, 0.05) is 36.7 Å². The lowest BCUT2D eigenvalue weighted by Crippen LogP contribution is -2.11. The minimum Gasteiger partial charge on any atom is -0.373 e. The molecule has 0 aliphatic rings. The van der Waals surface area contributed by atoms with E-state index in [0.717, 1.165) is 53.7 Å². The molecule has 2 heterocycles. The number of hydrogen-bond acceptors (Lipinski definition) is 6. The summed E-state index contributed by atoms with van der Waals surface area (Å²) in [6.07, 6.45) is 4.56. The zero-order chi connectivity index (χ0) is 14.4. The van der Waals surface area contributed by atoms with E-state index in [2.05, 4.69) is 37.9 Å². The lowest BCUT2D eigenvalue weighted by Gasteiger charge is -2.13. The van der Waals surface area contributed by atoms with Crippen LogP contribution < -0.4 is 10.6 Å². The Kier molecular flexibility index (Phi) is 5.29. The third-order valence-electron chi connectivity index (χ3n) is 2.98. The van der Waals surface area contributed by atoms with Gasteiger partial charge in [-0.25, -0.2) is 15.0 Å². The van der Waals surface area contributed by atoms with Crippen LogP contribution in [-0.2, 0) is 12.8 Å². The molecule has 2 aromatic heterocycles. The Labute approximate surface area is 123 Å². The second-order valence-corrected chi connectivity index (χ2v) is 5.55. The van der Waals surface area contributed by atoms with Crippen LogP contribution in [0.5, 0.6) is 0 Å². The quantitative estimate of drug-likeness (QED) is 0.821. The second kappa shape index (κ2) is 7.19. The van der Waals surface area contributed by atoms with E-state index in [4.69, 9.17) is 0 Å². The highest BCUT2D eigenvalue weighted by molar-refractivity contribution is 7.09. The number of nitrogens with one attached hydrogen (secondary N) is 2. The fourth-order valence-electron chi connectivity index (χ4n) is 2.07. The first kappa shape index (κ1) is 14.7. The molecule has 108 valence electrons. The van der Waals surface area contributed by atoms with E-state index in [1.54, 1.807) is 17.7 Å². The summed E-state index contributed by atoms with van der Waals surface area (Å²) in [5, 5.41) is 9.78. The fourth-order valence-corrected chi connectivity index (χ4v) is 2.85. The standard InChI is InChI=1S/C14H21N5S/c1-4-5-11-13(15-3)17-9-18-14(11)16-7-6-12-19-10(2)8-20-12/h8-9H,4-7H2,1-3H3,(H2,15,16,17,18). The molecule has 6 heteroatoms. The van der Waals surface area contributed by atoms with Crippen molar-refractivity contribution in [3.05, 3.63) is 28.0 Å². The largest absolute Gasteiger partial charge is 0.373 e. The Hall–Kier alpha value is -1.69. The maximum absolute atomic E-state index is 4.47. The fraction of sp³-hybridized carbons (Fsp3) is 0.500. The summed E-state index contributed by atoms with van der Waals surface area (Å²) in [4.78, 5) is 13.1. The number of aryl methyl sites for hydroxylation is 1. The third kappa shape index (κ3) is 3.66. The van der Waals surface area contributed by atoms with Crippen molar-refractivity contribution in [3.8, 4) is 0 Å². The zero-order valence-corrected chi connectivity index (χ0v) is 13.0. The van der Waals surface area contributed by atoms with Gasteiger partial charge in [-0.1, -0.05) is 13.3 Å². The summed E-state index contributed by atoms with van der Waals surface area (Å²) in [7, 11) is 1.89. The van der Waals surface area contributed by atoms with Crippen LogP contribution in [0.25, 0.3) is 0 Å². The molecule has 5 nitrogen and oxygen atoms in total. The van der Waals surface area contributed by atoms with Crippen LogP contribution in [0.15, 0.2) is 11.7 Å². The maximum atomic E-state index is 4.47. The molecule has 0 spiro atoms. The van der Waals surface area contributed by atoms with Crippen LogP contribution in [0.3, 0.4) is 0 Å². The molecule has 0 amide bonds. The van der Waals surface area contributed by atoms with Crippen molar-refractivity contribution in [1.82, 2.24) is 15.0 Å². The molecule has 2 N–H and O–H groups in total. The number of aromatic nitrogens is 3. The molecule has 0 saturated carbocycles.